The van der Waals surface area contributed by atoms with E-state index in [9.17, 15) is 13.2 Å². The molecular formula is C15H10ClF3N2. The Balaban J connectivity index is 2.10. The minimum atomic E-state index is -4.35. The number of anilines is 1. The minimum Gasteiger partial charge on any atom is -0.381 e. The number of nitriles is 1. The zero-order valence-electron chi connectivity index (χ0n) is 10.7. The number of nitrogens with zero attached hydrogens (tertiary/aromatic N) is 1. The maximum Gasteiger partial charge on any atom is 0.416 e. The first-order valence-electron chi connectivity index (χ1n) is 6.00. The average molecular weight is 311 g/mol. The molecule has 0 heterocycles. The number of hydrogen-bond donors (Lipinski definition) is 1. The summed E-state index contributed by atoms with van der Waals surface area (Å²) in [5.74, 6) is 0. The van der Waals surface area contributed by atoms with E-state index in [1.807, 2.05) is 6.07 Å². The molecule has 6 heteroatoms. The number of hydrogen-bond acceptors (Lipinski definition) is 2. The predicted molar refractivity (Wildman–Crippen MR) is 74.9 cm³/mol. The van der Waals surface area contributed by atoms with Gasteiger partial charge in [-0.2, -0.15) is 18.4 Å². The minimum absolute atomic E-state index is 0.228. The molecule has 0 aliphatic rings. The Hall–Kier alpha value is -2.19. The van der Waals surface area contributed by atoms with Crippen LogP contribution in [0, 0.1) is 11.3 Å². The Bertz CT molecular complexity index is 690. The van der Waals surface area contributed by atoms with Gasteiger partial charge in [0.2, 0.25) is 0 Å². The summed E-state index contributed by atoms with van der Waals surface area (Å²) < 4.78 is 37.8. The summed E-state index contributed by atoms with van der Waals surface area (Å²) in [5.41, 5.74) is 0.808. The van der Waals surface area contributed by atoms with Crippen molar-refractivity contribution in [1.82, 2.24) is 0 Å². The predicted octanol–water partition coefficient (Wildman–Crippen LogP) is 4.84. The van der Waals surface area contributed by atoms with Crippen molar-refractivity contribution in [3.63, 3.8) is 0 Å². The van der Waals surface area contributed by atoms with Crippen LogP contribution in [0.5, 0.6) is 0 Å². The Morgan fingerprint density at radius 2 is 1.90 bits per heavy atom. The molecule has 0 saturated carbocycles. The maximum atomic E-state index is 12.6. The van der Waals surface area contributed by atoms with E-state index in [0.717, 1.165) is 12.1 Å². The zero-order chi connectivity index (χ0) is 15.5. The fourth-order valence-electron chi connectivity index (χ4n) is 1.78. The molecule has 0 aromatic heterocycles. The van der Waals surface area contributed by atoms with Crippen molar-refractivity contribution in [2.45, 2.75) is 12.7 Å². The Kier molecular flexibility index (Phi) is 4.39. The number of halogens is 4. The van der Waals surface area contributed by atoms with Crippen LogP contribution in [0.4, 0.5) is 18.9 Å². The van der Waals surface area contributed by atoms with Gasteiger partial charge >= 0.3 is 6.18 Å². The third-order valence-electron chi connectivity index (χ3n) is 2.84. The molecule has 0 atom stereocenters. The third kappa shape index (κ3) is 3.89. The lowest BCUT2D eigenvalue weighted by Crippen LogP contribution is -2.06. The summed E-state index contributed by atoms with van der Waals surface area (Å²) in [6, 6.07) is 11.8. The van der Waals surface area contributed by atoms with Crippen molar-refractivity contribution >= 4 is 17.3 Å². The Labute approximate surface area is 124 Å². The molecule has 0 saturated heterocycles. The second-order valence-corrected chi connectivity index (χ2v) is 4.77. The van der Waals surface area contributed by atoms with Gasteiger partial charge in [-0.25, -0.2) is 0 Å². The Morgan fingerprint density at radius 1 is 1.14 bits per heavy atom. The van der Waals surface area contributed by atoms with Crippen LogP contribution in [0.25, 0.3) is 0 Å². The normalized spacial score (nSPS) is 11.0. The van der Waals surface area contributed by atoms with Crippen LogP contribution < -0.4 is 5.32 Å². The lowest BCUT2D eigenvalue weighted by Gasteiger charge is -2.10. The number of rotatable bonds is 3. The van der Waals surface area contributed by atoms with Crippen LogP contribution in [0.3, 0.4) is 0 Å². The lowest BCUT2D eigenvalue weighted by atomic mass is 10.1. The van der Waals surface area contributed by atoms with E-state index in [1.165, 1.54) is 6.07 Å². The Morgan fingerprint density at radius 3 is 2.52 bits per heavy atom. The highest BCUT2D eigenvalue weighted by atomic mass is 35.5. The fourth-order valence-corrected chi connectivity index (χ4v) is 2.00. The van der Waals surface area contributed by atoms with E-state index in [-0.39, 0.29) is 6.54 Å². The average Bonchev–Trinajstić information content (AvgIpc) is 2.45. The first-order valence-corrected chi connectivity index (χ1v) is 6.37. The molecule has 1 N–H and O–H groups in total. The van der Waals surface area contributed by atoms with Gasteiger partial charge in [0.1, 0.15) is 6.07 Å². The van der Waals surface area contributed by atoms with E-state index in [2.05, 4.69) is 5.32 Å². The van der Waals surface area contributed by atoms with Crippen LogP contribution in [0.1, 0.15) is 16.7 Å². The quantitative estimate of drug-likeness (QED) is 0.880. The lowest BCUT2D eigenvalue weighted by molar-refractivity contribution is -0.137. The molecule has 108 valence electrons. The van der Waals surface area contributed by atoms with Gasteiger partial charge in [0, 0.05) is 12.2 Å². The van der Waals surface area contributed by atoms with Crippen molar-refractivity contribution in [1.29, 1.82) is 5.26 Å². The van der Waals surface area contributed by atoms with Crippen molar-refractivity contribution in [3.05, 3.63) is 64.2 Å². The van der Waals surface area contributed by atoms with Gasteiger partial charge in [-0.3, -0.25) is 0 Å². The molecule has 0 bridgehead atoms. The molecule has 0 aliphatic carbocycles. The van der Waals surface area contributed by atoms with Crippen molar-refractivity contribution < 1.29 is 13.2 Å². The SMILES string of the molecule is N#Cc1ccc(NCc2cccc(C(F)(F)F)c2)cc1Cl. The highest BCUT2D eigenvalue weighted by Gasteiger charge is 2.30. The molecule has 2 aromatic carbocycles. The molecule has 0 aliphatic heterocycles. The van der Waals surface area contributed by atoms with E-state index < -0.39 is 11.7 Å². The molecule has 0 radical (unpaired) electrons. The number of benzene rings is 2. The van der Waals surface area contributed by atoms with Crippen molar-refractivity contribution in [3.8, 4) is 6.07 Å². The molecule has 21 heavy (non-hydrogen) atoms. The molecular weight excluding hydrogens is 301 g/mol. The standard InChI is InChI=1S/C15H10ClF3N2/c16-14-7-13(5-4-11(14)8-20)21-9-10-2-1-3-12(6-10)15(17,18)19/h1-7,21H,9H2. The maximum absolute atomic E-state index is 12.6. The second-order valence-electron chi connectivity index (χ2n) is 4.36. The third-order valence-corrected chi connectivity index (χ3v) is 3.15. The van der Waals surface area contributed by atoms with Gasteiger partial charge < -0.3 is 5.32 Å². The van der Waals surface area contributed by atoms with Crippen LogP contribution in [0.15, 0.2) is 42.5 Å². The van der Waals surface area contributed by atoms with Crippen LogP contribution in [-0.4, -0.2) is 0 Å². The largest absolute Gasteiger partial charge is 0.416 e. The molecule has 0 fully saturated rings. The summed E-state index contributed by atoms with van der Waals surface area (Å²) in [4.78, 5) is 0. The van der Waals surface area contributed by atoms with Crippen molar-refractivity contribution in [2.24, 2.45) is 0 Å². The molecule has 0 spiro atoms. The van der Waals surface area contributed by atoms with Crippen LogP contribution >= 0.6 is 11.6 Å². The summed E-state index contributed by atoms with van der Waals surface area (Å²) in [7, 11) is 0. The first-order chi connectivity index (χ1) is 9.90. The van der Waals surface area contributed by atoms with Gasteiger partial charge in [-0.1, -0.05) is 23.7 Å². The fraction of sp³-hybridized carbons (Fsp3) is 0.133. The number of alkyl halides is 3. The van der Waals surface area contributed by atoms with Gasteiger partial charge in [0.15, 0.2) is 0 Å². The zero-order valence-corrected chi connectivity index (χ0v) is 11.5. The molecule has 0 unspecified atom stereocenters. The van der Waals surface area contributed by atoms with Crippen molar-refractivity contribution in [2.75, 3.05) is 5.32 Å². The molecule has 0 amide bonds. The smallest absolute Gasteiger partial charge is 0.381 e. The number of nitrogens with one attached hydrogen (secondary N) is 1. The van der Waals surface area contributed by atoms with E-state index in [1.54, 1.807) is 24.3 Å². The summed E-state index contributed by atoms with van der Waals surface area (Å²) in [5, 5.41) is 12.0. The topological polar surface area (TPSA) is 35.8 Å². The van der Waals surface area contributed by atoms with Gasteiger partial charge in [-0.05, 0) is 35.9 Å². The summed E-state index contributed by atoms with van der Waals surface area (Å²) >= 11 is 5.89. The highest BCUT2D eigenvalue weighted by molar-refractivity contribution is 6.32. The second kappa shape index (κ2) is 6.06. The van der Waals surface area contributed by atoms with Gasteiger partial charge in [0.25, 0.3) is 0 Å². The van der Waals surface area contributed by atoms with Gasteiger partial charge in [0.05, 0.1) is 16.1 Å². The van der Waals surface area contributed by atoms with Crippen LogP contribution in [0.2, 0.25) is 5.02 Å². The van der Waals surface area contributed by atoms with Gasteiger partial charge in [-0.15, -0.1) is 0 Å². The molecule has 2 rings (SSSR count). The van der Waals surface area contributed by atoms with Crippen LogP contribution in [-0.2, 0) is 12.7 Å². The van der Waals surface area contributed by atoms with E-state index in [0.29, 0.717) is 21.8 Å². The summed E-state index contributed by atoms with van der Waals surface area (Å²) in [6.45, 7) is 0.228. The molecule has 2 aromatic rings. The van der Waals surface area contributed by atoms with E-state index >= 15 is 0 Å². The molecule has 2 nitrogen and oxygen atoms in total. The highest BCUT2D eigenvalue weighted by Crippen LogP contribution is 2.29. The summed E-state index contributed by atoms with van der Waals surface area (Å²) in [6.07, 6.45) is -4.35. The first kappa shape index (κ1) is 15.2. The van der Waals surface area contributed by atoms with E-state index in [4.69, 9.17) is 16.9 Å². The monoisotopic (exact) mass is 310 g/mol.